The van der Waals surface area contributed by atoms with Crippen molar-refractivity contribution >= 4 is 17.4 Å². The second-order valence-corrected chi connectivity index (χ2v) is 4.36. The molecule has 0 saturated heterocycles. The Morgan fingerprint density at radius 3 is 2.72 bits per heavy atom. The van der Waals surface area contributed by atoms with Gasteiger partial charge in [0, 0.05) is 6.42 Å². The molecule has 1 aromatic carbocycles. The number of carbonyl (C=O) groups excluding carboxylic acids is 1. The van der Waals surface area contributed by atoms with Crippen molar-refractivity contribution in [1.82, 2.24) is 14.8 Å². The topological polar surface area (TPSA) is 47.8 Å². The van der Waals surface area contributed by atoms with E-state index in [0.29, 0.717) is 13.0 Å². The first-order valence-electron chi connectivity index (χ1n) is 5.88. The number of rotatable bonds is 5. The molecule has 1 aromatic heterocycles. The van der Waals surface area contributed by atoms with Crippen LogP contribution in [0.15, 0.2) is 30.3 Å². The Balaban J connectivity index is 2.17. The van der Waals surface area contributed by atoms with Gasteiger partial charge in [0.25, 0.3) is 0 Å². The molecule has 0 fully saturated rings. The molecular formula is C13H14ClN3O. The van der Waals surface area contributed by atoms with E-state index in [1.165, 1.54) is 0 Å². The van der Waals surface area contributed by atoms with E-state index in [4.69, 9.17) is 11.6 Å². The number of hydrogen-bond donors (Lipinski definition) is 0. The largest absolute Gasteiger partial charge is 0.291 e. The molecule has 0 aliphatic heterocycles. The van der Waals surface area contributed by atoms with E-state index < -0.39 is 0 Å². The van der Waals surface area contributed by atoms with E-state index in [-0.39, 0.29) is 16.9 Å². The first-order valence-corrected chi connectivity index (χ1v) is 6.26. The third-order valence-corrected chi connectivity index (χ3v) is 2.81. The minimum Gasteiger partial charge on any atom is -0.291 e. The molecule has 0 aliphatic carbocycles. The highest BCUT2D eigenvalue weighted by Gasteiger charge is 2.14. The molecule has 0 radical (unpaired) electrons. The molecule has 0 saturated carbocycles. The zero-order valence-electron chi connectivity index (χ0n) is 10.1. The molecule has 94 valence electrons. The van der Waals surface area contributed by atoms with Crippen LogP contribution in [0, 0.1) is 0 Å². The Hall–Kier alpha value is -1.68. The van der Waals surface area contributed by atoms with Gasteiger partial charge in [0.1, 0.15) is 0 Å². The second kappa shape index (κ2) is 5.78. The van der Waals surface area contributed by atoms with E-state index >= 15 is 0 Å². The van der Waals surface area contributed by atoms with E-state index in [0.717, 1.165) is 12.0 Å². The van der Waals surface area contributed by atoms with Crippen molar-refractivity contribution in [2.24, 2.45) is 0 Å². The summed E-state index contributed by atoms with van der Waals surface area (Å²) in [7, 11) is 0. The van der Waals surface area contributed by atoms with Crippen molar-refractivity contribution in [3.63, 3.8) is 0 Å². The SMILES string of the molecule is CCCC(=O)c1nc(Cl)n(Cc2ccccc2)n1. The van der Waals surface area contributed by atoms with Crippen LogP contribution in [-0.2, 0) is 6.54 Å². The molecule has 0 unspecified atom stereocenters. The van der Waals surface area contributed by atoms with Crippen molar-refractivity contribution in [3.05, 3.63) is 47.0 Å². The summed E-state index contributed by atoms with van der Waals surface area (Å²) in [5, 5.41) is 4.40. The third kappa shape index (κ3) is 2.96. The molecule has 2 aromatic rings. The number of benzene rings is 1. The smallest absolute Gasteiger partial charge is 0.221 e. The van der Waals surface area contributed by atoms with E-state index in [2.05, 4.69) is 10.1 Å². The summed E-state index contributed by atoms with van der Waals surface area (Å²) in [4.78, 5) is 15.7. The van der Waals surface area contributed by atoms with Gasteiger partial charge < -0.3 is 0 Å². The summed E-state index contributed by atoms with van der Waals surface area (Å²) in [6, 6.07) is 9.80. The highest BCUT2D eigenvalue weighted by molar-refractivity contribution is 6.28. The summed E-state index contributed by atoms with van der Waals surface area (Å²) < 4.78 is 1.54. The van der Waals surface area contributed by atoms with Crippen LogP contribution in [0.3, 0.4) is 0 Å². The van der Waals surface area contributed by atoms with Gasteiger partial charge >= 0.3 is 0 Å². The van der Waals surface area contributed by atoms with Gasteiger partial charge in [0.15, 0.2) is 0 Å². The molecule has 5 heteroatoms. The van der Waals surface area contributed by atoms with E-state index in [1.54, 1.807) is 4.68 Å². The number of ketones is 1. The van der Waals surface area contributed by atoms with Crippen molar-refractivity contribution < 1.29 is 4.79 Å². The lowest BCUT2D eigenvalue weighted by Gasteiger charge is -2.01. The molecule has 0 aliphatic rings. The third-order valence-electron chi connectivity index (χ3n) is 2.53. The molecule has 0 amide bonds. The van der Waals surface area contributed by atoms with Crippen molar-refractivity contribution in [1.29, 1.82) is 0 Å². The van der Waals surface area contributed by atoms with Crippen LogP contribution in [0.2, 0.25) is 5.28 Å². The van der Waals surface area contributed by atoms with E-state index in [1.807, 2.05) is 37.3 Å². The Bertz CT molecular complexity index is 536. The number of aromatic nitrogens is 3. The highest BCUT2D eigenvalue weighted by atomic mass is 35.5. The van der Waals surface area contributed by atoms with E-state index in [9.17, 15) is 4.79 Å². The number of nitrogens with zero attached hydrogens (tertiary/aromatic N) is 3. The van der Waals surface area contributed by atoms with Gasteiger partial charge in [-0.15, -0.1) is 5.10 Å². The summed E-state index contributed by atoms with van der Waals surface area (Å²) in [6.45, 7) is 2.46. The summed E-state index contributed by atoms with van der Waals surface area (Å²) in [5.41, 5.74) is 1.07. The zero-order valence-corrected chi connectivity index (χ0v) is 10.9. The summed E-state index contributed by atoms with van der Waals surface area (Å²) in [5.74, 6) is 0.143. The first-order chi connectivity index (χ1) is 8.70. The average molecular weight is 264 g/mol. The zero-order chi connectivity index (χ0) is 13.0. The van der Waals surface area contributed by atoms with Crippen LogP contribution in [0.1, 0.15) is 35.9 Å². The lowest BCUT2D eigenvalue weighted by molar-refractivity contribution is 0.0971. The van der Waals surface area contributed by atoms with Crippen molar-refractivity contribution in [2.75, 3.05) is 0 Å². The predicted molar refractivity (Wildman–Crippen MR) is 69.8 cm³/mol. The fourth-order valence-corrected chi connectivity index (χ4v) is 1.81. The Labute approximate surface area is 111 Å². The molecule has 0 N–H and O–H groups in total. The fraction of sp³-hybridized carbons (Fsp3) is 0.308. The van der Waals surface area contributed by atoms with Gasteiger partial charge in [-0.25, -0.2) is 4.68 Å². The van der Waals surface area contributed by atoms with Crippen LogP contribution < -0.4 is 0 Å². The van der Waals surface area contributed by atoms with Gasteiger partial charge in [-0.3, -0.25) is 4.79 Å². The van der Waals surface area contributed by atoms with Gasteiger partial charge in [-0.1, -0.05) is 37.3 Å². The van der Waals surface area contributed by atoms with Crippen LogP contribution in [0.25, 0.3) is 0 Å². The van der Waals surface area contributed by atoms with Crippen molar-refractivity contribution in [2.45, 2.75) is 26.3 Å². The van der Waals surface area contributed by atoms with Gasteiger partial charge in [-0.05, 0) is 23.6 Å². The summed E-state index contributed by atoms with van der Waals surface area (Å²) in [6.07, 6.45) is 1.23. The molecule has 2 rings (SSSR count). The molecule has 18 heavy (non-hydrogen) atoms. The maximum Gasteiger partial charge on any atom is 0.221 e. The second-order valence-electron chi connectivity index (χ2n) is 4.02. The van der Waals surface area contributed by atoms with Gasteiger partial charge in [0.2, 0.25) is 16.9 Å². The Morgan fingerprint density at radius 1 is 1.33 bits per heavy atom. The number of halogens is 1. The first kappa shape index (κ1) is 12.8. The Morgan fingerprint density at radius 2 is 2.06 bits per heavy atom. The molecule has 4 nitrogen and oxygen atoms in total. The Kier molecular flexibility index (Phi) is 4.10. The van der Waals surface area contributed by atoms with Crippen LogP contribution in [-0.4, -0.2) is 20.5 Å². The lowest BCUT2D eigenvalue weighted by atomic mass is 10.2. The number of Topliss-reactive ketones (excluding diaryl/α,β-unsaturated/α-hetero) is 1. The molecule has 1 heterocycles. The maximum absolute atomic E-state index is 11.7. The van der Waals surface area contributed by atoms with Crippen molar-refractivity contribution in [3.8, 4) is 0 Å². The quantitative estimate of drug-likeness (QED) is 0.779. The molecule has 0 bridgehead atoms. The molecule has 0 spiro atoms. The molecular weight excluding hydrogens is 250 g/mol. The number of hydrogen-bond acceptors (Lipinski definition) is 3. The van der Waals surface area contributed by atoms with Gasteiger partial charge in [0.05, 0.1) is 6.54 Å². The van der Waals surface area contributed by atoms with Gasteiger partial charge in [-0.2, -0.15) is 4.98 Å². The minimum absolute atomic E-state index is 0.0637. The average Bonchev–Trinajstić information content (AvgIpc) is 2.73. The maximum atomic E-state index is 11.7. The van der Waals surface area contributed by atoms with Crippen LogP contribution >= 0.6 is 11.6 Å². The lowest BCUT2D eigenvalue weighted by Crippen LogP contribution is -2.05. The summed E-state index contributed by atoms with van der Waals surface area (Å²) >= 11 is 5.98. The predicted octanol–water partition coefficient (Wildman–Crippen LogP) is 2.96. The fourth-order valence-electron chi connectivity index (χ4n) is 1.64. The standard InChI is InChI=1S/C13H14ClN3O/c1-2-6-11(18)12-15-13(14)17(16-12)9-10-7-4-3-5-8-10/h3-5,7-8H,2,6,9H2,1H3. The highest BCUT2D eigenvalue weighted by Crippen LogP contribution is 2.11. The monoisotopic (exact) mass is 263 g/mol. The molecule has 0 atom stereocenters. The minimum atomic E-state index is -0.0637. The van der Waals surface area contributed by atoms with Crippen LogP contribution in [0.5, 0.6) is 0 Å². The van der Waals surface area contributed by atoms with Crippen LogP contribution in [0.4, 0.5) is 0 Å². The number of carbonyl (C=O) groups is 1. The normalized spacial score (nSPS) is 10.6.